The SMILES string of the molecule is Cc1ccccc1C(=O)Nc1nnc(S(=O)(=O)NCCC(C)C)s1. The molecule has 2 rings (SSSR count). The van der Waals surface area contributed by atoms with Crippen LogP contribution in [0.15, 0.2) is 28.6 Å². The maximum Gasteiger partial charge on any atom is 0.269 e. The van der Waals surface area contributed by atoms with Gasteiger partial charge < -0.3 is 0 Å². The van der Waals surface area contributed by atoms with Crippen molar-refractivity contribution >= 4 is 32.4 Å². The van der Waals surface area contributed by atoms with E-state index in [1.807, 2.05) is 32.9 Å². The lowest BCUT2D eigenvalue weighted by Gasteiger charge is -2.05. The fraction of sp³-hybridized carbons (Fsp3) is 0.400. The number of nitrogens with zero attached hydrogens (tertiary/aromatic N) is 2. The first-order valence-electron chi connectivity index (χ1n) is 7.50. The number of sulfonamides is 1. The fourth-order valence-corrected chi connectivity index (χ4v) is 3.89. The van der Waals surface area contributed by atoms with E-state index < -0.39 is 10.0 Å². The number of hydrogen-bond acceptors (Lipinski definition) is 6. The topological polar surface area (TPSA) is 101 Å². The molecule has 1 heterocycles. The van der Waals surface area contributed by atoms with Gasteiger partial charge in [0.1, 0.15) is 0 Å². The number of aryl methyl sites for hydroxylation is 1. The lowest BCUT2D eigenvalue weighted by Crippen LogP contribution is -2.25. The molecule has 0 bridgehead atoms. The lowest BCUT2D eigenvalue weighted by atomic mass is 10.1. The molecule has 24 heavy (non-hydrogen) atoms. The Morgan fingerprint density at radius 1 is 1.25 bits per heavy atom. The van der Waals surface area contributed by atoms with Crippen molar-refractivity contribution in [3.05, 3.63) is 35.4 Å². The fourth-order valence-electron chi connectivity index (χ4n) is 1.90. The number of carbonyl (C=O) groups excluding carboxylic acids is 1. The van der Waals surface area contributed by atoms with E-state index in [2.05, 4.69) is 20.2 Å². The summed E-state index contributed by atoms with van der Waals surface area (Å²) < 4.78 is 26.6. The number of aromatic nitrogens is 2. The first kappa shape index (κ1) is 18.5. The van der Waals surface area contributed by atoms with E-state index in [0.29, 0.717) is 18.0 Å². The molecule has 0 aliphatic carbocycles. The Morgan fingerprint density at radius 2 is 1.96 bits per heavy atom. The quantitative estimate of drug-likeness (QED) is 0.731. The van der Waals surface area contributed by atoms with Crippen LogP contribution in [0.4, 0.5) is 5.13 Å². The van der Waals surface area contributed by atoms with Gasteiger partial charge in [0.15, 0.2) is 0 Å². The van der Waals surface area contributed by atoms with Crippen molar-refractivity contribution in [1.29, 1.82) is 0 Å². The molecule has 0 radical (unpaired) electrons. The molecule has 7 nitrogen and oxygen atoms in total. The molecule has 0 fully saturated rings. The highest BCUT2D eigenvalue weighted by atomic mass is 32.2. The number of benzene rings is 1. The Hall–Kier alpha value is -1.84. The average molecular weight is 368 g/mol. The second-order valence-electron chi connectivity index (χ2n) is 5.72. The average Bonchev–Trinajstić information content (AvgIpc) is 2.96. The molecule has 2 aromatic rings. The van der Waals surface area contributed by atoms with Crippen molar-refractivity contribution in [2.24, 2.45) is 5.92 Å². The minimum atomic E-state index is -3.70. The number of carbonyl (C=O) groups is 1. The van der Waals surface area contributed by atoms with Gasteiger partial charge in [-0.3, -0.25) is 10.1 Å². The predicted octanol–water partition coefficient (Wildman–Crippen LogP) is 2.42. The Bertz CT molecular complexity index is 816. The summed E-state index contributed by atoms with van der Waals surface area (Å²) in [4.78, 5) is 12.2. The highest BCUT2D eigenvalue weighted by Gasteiger charge is 2.21. The van der Waals surface area contributed by atoms with Gasteiger partial charge in [0, 0.05) is 12.1 Å². The molecule has 0 unspecified atom stereocenters. The first-order valence-corrected chi connectivity index (χ1v) is 9.79. The normalized spacial score (nSPS) is 11.7. The molecule has 1 aromatic heterocycles. The summed E-state index contributed by atoms with van der Waals surface area (Å²) in [7, 11) is -3.70. The molecule has 0 atom stereocenters. The molecule has 1 amide bonds. The van der Waals surface area contributed by atoms with Crippen LogP contribution in [-0.2, 0) is 10.0 Å². The summed E-state index contributed by atoms with van der Waals surface area (Å²) in [6.45, 7) is 6.19. The molecule has 1 aromatic carbocycles. The summed E-state index contributed by atoms with van der Waals surface area (Å²) in [5, 5.41) is 10.1. The molecular weight excluding hydrogens is 348 g/mol. The van der Waals surface area contributed by atoms with Gasteiger partial charge in [-0.2, -0.15) is 0 Å². The highest BCUT2D eigenvalue weighted by molar-refractivity contribution is 7.91. The Balaban J connectivity index is 2.05. The molecule has 9 heteroatoms. The van der Waals surface area contributed by atoms with Crippen LogP contribution >= 0.6 is 11.3 Å². The van der Waals surface area contributed by atoms with Crippen molar-refractivity contribution in [2.45, 2.75) is 31.5 Å². The van der Waals surface area contributed by atoms with E-state index in [1.54, 1.807) is 12.1 Å². The van der Waals surface area contributed by atoms with Crippen molar-refractivity contribution in [3.63, 3.8) is 0 Å². The Labute approximate surface area is 145 Å². The molecule has 0 aliphatic rings. The molecule has 0 aliphatic heterocycles. The molecule has 130 valence electrons. The van der Waals surface area contributed by atoms with Crippen LogP contribution in [0.1, 0.15) is 36.2 Å². The minimum absolute atomic E-state index is 0.146. The van der Waals surface area contributed by atoms with Crippen LogP contribution in [-0.4, -0.2) is 31.1 Å². The Morgan fingerprint density at radius 3 is 2.62 bits per heavy atom. The first-order chi connectivity index (χ1) is 11.3. The van der Waals surface area contributed by atoms with E-state index in [1.165, 1.54) is 0 Å². The van der Waals surface area contributed by atoms with Gasteiger partial charge in [0.25, 0.3) is 15.9 Å². The third-order valence-electron chi connectivity index (χ3n) is 3.26. The van der Waals surface area contributed by atoms with Crippen molar-refractivity contribution < 1.29 is 13.2 Å². The van der Waals surface area contributed by atoms with Gasteiger partial charge >= 0.3 is 0 Å². The molecular formula is C15H20N4O3S2. The third-order valence-corrected chi connectivity index (χ3v) is 5.93. The van der Waals surface area contributed by atoms with Gasteiger partial charge in [0.05, 0.1) is 0 Å². The zero-order valence-electron chi connectivity index (χ0n) is 13.7. The van der Waals surface area contributed by atoms with Gasteiger partial charge in [-0.05, 0) is 30.9 Å². The standard InChI is InChI=1S/C15H20N4O3S2/c1-10(2)8-9-16-24(21,22)15-19-18-14(23-15)17-13(20)12-7-5-4-6-11(12)3/h4-7,10,16H,8-9H2,1-3H3,(H,17,18,20). The summed E-state index contributed by atoms with van der Waals surface area (Å²) in [6, 6.07) is 7.11. The number of amides is 1. The van der Waals surface area contributed by atoms with Crippen LogP contribution in [0.5, 0.6) is 0 Å². The van der Waals surface area contributed by atoms with Gasteiger partial charge in [-0.25, -0.2) is 13.1 Å². The number of rotatable bonds is 7. The predicted molar refractivity (Wildman–Crippen MR) is 93.7 cm³/mol. The second kappa shape index (κ2) is 7.82. The van der Waals surface area contributed by atoms with Crippen molar-refractivity contribution in [1.82, 2.24) is 14.9 Å². The van der Waals surface area contributed by atoms with E-state index >= 15 is 0 Å². The van der Waals surface area contributed by atoms with Crippen LogP contribution in [0, 0.1) is 12.8 Å². The van der Waals surface area contributed by atoms with Gasteiger partial charge in [-0.15, -0.1) is 10.2 Å². The van der Waals surface area contributed by atoms with E-state index in [9.17, 15) is 13.2 Å². The monoisotopic (exact) mass is 368 g/mol. The van der Waals surface area contributed by atoms with E-state index in [0.717, 1.165) is 23.3 Å². The second-order valence-corrected chi connectivity index (χ2v) is 8.64. The zero-order valence-corrected chi connectivity index (χ0v) is 15.4. The minimum Gasteiger partial charge on any atom is -0.296 e. The highest BCUT2D eigenvalue weighted by Crippen LogP contribution is 2.21. The lowest BCUT2D eigenvalue weighted by molar-refractivity contribution is 0.102. The summed E-state index contributed by atoms with van der Waals surface area (Å²) in [6.07, 6.45) is 0.731. The summed E-state index contributed by atoms with van der Waals surface area (Å²) in [5.41, 5.74) is 1.33. The van der Waals surface area contributed by atoms with Gasteiger partial charge in [-0.1, -0.05) is 43.4 Å². The van der Waals surface area contributed by atoms with E-state index in [-0.39, 0.29) is 15.4 Å². The summed E-state index contributed by atoms with van der Waals surface area (Å²) >= 11 is 0.823. The number of anilines is 1. The molecule has 0 spiro atoms. The maximum absolute atomic E-state index is 12.2. The third kappa shape index (κ3) is 4.83. The zero-order chi connectivity index (χ0) is 17.7. The molecule has 0 saturated heterocycles. The number of hydrogen-bond donors (Lipinski definition) is 2. The molecule has 2 N–H and O–H groups in total. The Kier molecular flexibility index (Phi) is 6.03. The largest absolute Gasteiger partial charge is 0.296 e. The van der Waals surface area contributed by atoms with Crippen LogP contribution < -0.4 is 10.0 Å². The van der Waals surface area contributed by atoms with Crippen LogP contribution in [0.3, 0.4) is 0 Å². The van der Waals surface area contributed by atoms with Crippen molar-refractivity contribution in [3.8, 4) is 0 Å². The van der Waals surface area contributed by atoms with Crippen LogP contribution in [0.25, 0.3) is 0 Å². The smallest absolute Gasteiger partial charge is 0.269 e. The summed E-state index contributed by atoms with van der Waals surface area (Å²) in [5.74, 6) is 0.0482. The molecule has 0 saturated carbocycles. The van der Waals surface area contributed by atoms with Crippen LogP contribution in [0.2, 0.25) is 0 Å². The maximum atomic E-state index is 12.2. The van der Waals surface area contributed by atoms with Crippen molar-refractivity contribution in [2.75, 3.05) is 11.9 Å². The van der Waals surface area contributed by atoms with Gasteiger partial charge in [0.2, 0.25) is 9.47 Å². The number of nitrogens with one attached hydrogen (secondary N) is 2. The van der Waals surface area contributed by atoms with E-state index in [4.69, 9.17) is 0 Å².